The van der Waals surface area contributed by atoms with Crippen LogP contribution >= 0.6 is 0 Å². The van der Waals surface area contributed by atoms with Gasteiger partial charge in [-0.25, -0.2) is 4.79 Å². The lowest BCUT2D eigenvalue weighted by Crippen LogP contribution is -2.39. The first kappa shape index (κ1) is 19.3. The van der Waals surface area contributed by atoms with Gasteiger partial charge < -0.3 is 9.88 Å². The maximum absolute atomic E-state index is 12.9. The highest BCUT2D eigenvalue weighted by molar-refractivity contribution is 5.76. The summed E-state index contributed by atoms with van der Waals surface area (Å²) in [7, 11) is 0. The van der Waals surface area contributed by atoms with Gasteiger partial charge in [0.05, 0.1) is 12.1 Å². The smallest absolute Gasteiger partial charge is 0.350 e. The number of amides is 1. The highest BCUT2D eigenvalue weighted by atomic mass is 16.2. The van der Waals surface area contributed by atoms with Crippen LogP contribution in [0.3, 0.4) is 0 Å². The zero-order chi connectivity index (χ0) is 20.9. The molecule has 2 aliphatic heterocycles. The predicted molar refractivity (Wildman–Crippen MR) is 111 cm³/mol. The van der Waals surface area contributed by atoms with E-state index in [-0.39, 0.29) is 30.4 Å². The van der Waals surface area contributed by atoms with Gasteiger partial charge in [0, 0.05) is 25.1 Å². The molecule has 150 valence electrons. The minimum Gasteiger partial charge on any atom is -0.350 e. The normalized spacial score (nSPS) is 10.8. The molecule has 4 rings (SSSR count). The predicted octanol–water partition coefficient (Wildman–Crippen LogP) is 1.27. The fourth-order valence-electron chi connectivity index (χ4n) is 3.17. The number of hydrogen-bond donors (Lipinski definition) is 1. The Morgan fingerprint density at radius 2 is 1.77 bits per heavy atom. The van der Waals surface area contributed by atoms with Gasteiger partial charge in [0.1, 0.15) is 6.54 Å². The lowest BCUT2D eigenvalue weighted by molar-refractivity contribution is -0.121. The topological polar surface area (TPSA) is 98.9 Å². The van der Waals surface area contributed by atoms with E-state index in [4.69, 9.17) is 0 Å². The molecule has 30 heavy (non-hydrogen) atoms. The van der Waals surface area contributed by atoms with Crippen molar-refractivity contribution >= 4 is 5.91 Å². The third kappa shape index (κ3) is 4.17. The van der Waals surface area contributed by atoms with Gasteiger partial charge in [-0.1, -0.05) is 36.4 Å². The van der Waals surface area contributed by atoms with Crippen LogP contribution in [0.4, 0.5) is 0 Å². The monoisotopic (exact) mass is 401 g/mol. The van der Waals surface area contributed by atoms with E-state index in [1.54, 1.807) is 42.9 Å². The molecular formula is C22H19N5O3. The fraction of sp³-hybridized carbons (Fsp3) is 0.136. The van der Waals surface area contributed by atoms with Crippen LogP contribution in [0.1, 0.15) is 11.1 Å². The van der Waals surface area contributed by atoms with Gasteiger partial charge in [0.25, 0.3) is 5.56 Å². The van der Waals surface area contributed by atoms with E-state index in [9.17, 15) is 14.4 Å². The Labute approximate surface area is 171 Å². The van der Waals surface area contributed by atoms with Gasteiger partial charge in [0.15, 0.2) is 5.82 Å². The van der Waals surface area contributed by atoms with Crippen molar-refractivity contribution in [2.75, 3.05) is 0 Å². The van der Waals surface area contributed by atoms with Crippen molar-refractivity contribution in [2.45, 2.75) is 19.6 Å². The molecule has 0 bridgehead atoms. The summed E-state index contributed by atoms with van der Waals surface area (Å²) in [4.78, 5) is 45.9. The summed E-state index contributed by atoms with van der Waals surface area (Å²) in [6.07, 6.45) is 4.84. The Morgan fingerprint density at radius 1 is 0.967 bits per heavy atom. The van der Waals surface area contributed by atoms with Crippen molar-refractivity contribution in [3.05, 3.63) is 105 Å². The van der Waals surface area contributed by atoms with Crippen molar-refractivity contribution in [3.8, 4) is 11.4 Å². The Kier molecular flexibility index (Phi) is 5.47. The first-order chi connectivity index (χ1) is 14.6. The zero-order valence-corrected chi connectivity index (χ0v) is 16.1. The maximum atomic E-state index is 12.9. The van der Waals surface area contributed by atoms with Crippen LogP contribution in [-0.2, 0) is 24.4 Å². The third-order valence-corrected chi connectivity index (χ3v) is 4.66. The lowest BCUT2D eigenvalue weighted by Gasteiger charge is -2.15. The average molecular weight is 401 g/mol. The second-order valence-electron chi connectivity index (χ2n) is 6.78. The molecule has 1 N–H and O–H groups in total. The highest BCUT2D eigenvalue weighted by Crippen LogP contribution is 2.13. The van der Waals surface area contributed by atoms with E-state index >= 15 is 0 Å². The number of aromatic nitrogens is 4. The van der Waals surface area contributed by atoms with E-state index in [1.165, 1.54) is 4.57 Å². The summed E-state index contributed by atoms with van der Waals surface area (Å²) in [5.41, 5.74) is 0.861. The van der Waals surface area contributed by atoms with Crippen LogP contribution in [0.2, 0.25) is 0 Å². The number of hydrogen-bond acceptors (Lipinski definition) is 5. The molecular weight excluding hydrogens is 382 g/mol. The molecule has 2 aromatic rings. The van der Waals surface area contributed by atoms with Crippen molar-refractivity contribution in [2.24, 2.45) is 0 Å². The Balaban J connectivity index is 1.58. The number of benzene rings is 1. The van der Waals surface area contributed by atoms with E-state index in [0.29, 0.717) is 6.54 Å². The van der Waals surface area contributed by atoms with E-state index in [2.05, 4.69) is 15.3 Å². The Morgan fingerprint density at radius 3 is 2.53 bits per heavy atom. The molecule has 0 aliphatic carbocycles. The molecule has 1 aromatic heterocycles. The molecule has 3 heterocycles. The van der Waals surface area contributed by atoms with Crippen molar-refractivity contribution < 1.29 is 4.79 Å². The zero-order valence-electron chi connectivity index (χ0n) is 16.1. The number of nitrogens with zero attached hydrogens (tertiary/aromatic N) is 4. The second kappa shape index (κ2) is 8.52. The quantitative estimate of drug-likeness (QED) is 0.525. The molecule has 1 amide bonds. The number of pyridine rings is 2. The van der Waals surface area contributed by atoms with Crippen LogP contribution in [-0.4, -0.2) is 25.0 Å². The SMILES string of the molecule is O=C(Cn1cccc2c(=O)n(Cc3cccnc3)c(=O)nc1-2)NCc1ccccc1. The molecule has 8 nitrogen and oxygen atoms in total. The Bertz CT molecular complexity index is 1250. The molecule has 8 heteroatoms. The summed E-state index contributed by atoms with van der Waals surface area (Å²) in [5, 5.41) is 2.83. The minimum absolute atomic E-state index is 0.0529. The van der Waals surface area contributed by atoms with E-state index in [1.807, 2.05) is 30.3 Å². The molecule has 0 spiro atoms. The molecule has 0 saturated heterocycles. The van der Waals surface area contributed by atoms with Crippen LogP contribution in [0.15, 0.2) is 82.8 Å². The number of rotatable bonds is 6. The summed E-state index contributed by atoms with van der Waals surface area (Å²) in [6, 6.07) is 16.3. The van der Waals surface area contributed by atoms with E-state index < -0.39 is 11.2 Å². The Hall–Kier alpha value is -4.07. The van der Waals surface area contributed by atoms with Crippen molar-refractivity contribution in [1.29, 1.82) is 0 Å². The highest BCUT2D eigenvalue weighted by Gasteiger charge is 2.18. The van der Waals surface area contributed by atoms with Gasteiger partial charge in [-0.15, -0.1) is 0 Å². The molecule has 0 radical (unpaired) electrons. The lowest BCUT2D eigenvalue weighted by atomic mass is 10.2. The summed E-state index contributed by atoms with van der Waals surface area (Å²) in [6.45, 7) is 0.423. The van der Waals surface area contributed by atoms with Gasteiger partial charge >= 0.3 is 5.69 Å². The van der Waals surface area contributed by atoms with Crippen molar-refractivity contribution in [1.82, 2.24) is 24.4 Å². The maximum Gasteiger partial charge on any atom is 0.352 e. The molecule has 0 atom stereocenters. The minimum atomic E-state index is -0.666. The summed E-state index contributed by atoms with van der Waals surface area (Å²) >= 11 is 0. The summed E-state index contributed by atoms with van der Waals surface area (Å²) < 4.78 is 2.58. The average Bonchev–Trinajstić information content (AvgIpc) is 2.77. The van der Waals surface area contributed by atoms with Crippen LogP contribution < -0.4 is 16.6 Å². The van der Waals surface area contributed by atoms with Gasteiger partial charge in [-0.05, 0) is 29.3 Å². The number of carbonyl (C=O) groups is 1. The van der Waals surface area contributed by atoms with Crippen LogP contribution in [0, 0.1) is 0 Å². The fourth-order valence-corrected chi connectivity index (χ4v) is 3.17. The molecule has 0 fully saturated rings. The molecule has 2 aliphatic rings. The van der Waals surface area contributed by atoms with Crippen molar-refractivity contribution in [3.63, 3.8) is 0 Å². The largest absolute Gasteiger partial charge is 0.352 e. The van der Waals surface area contributed by atoms with Gasteiger partial charge in [-0.2, -0.15) is 4.98 Å². The standard InChI is InChI=1S/C22H19N5O3/c28-19(24-13-16-6-2-1-3-7-16)15-26-11-5-9-18-20(26)25-22(30)27(21(18)29)14-17-8-4-10-23-12-17/h1-12H,13-15H2,(H,24,28). The number of nitrogens with one attached hydrogen (secondary N) is 1. The number of fused-ring (bicyclic) bond motifs is 1. The van der Waals surface area contributed by atoms with Crippen LogP contribution in [0.5, 0.6) is 0 Å². The van der Waals surface area contributed by atoms with Crippen LogP contribution in [0.25, 0.3) is 11.4 Å². The summed E-state index contributed by atoms with van der Waals surface area (Å²) in [5.74, 6) is -0.0602. The van der Waals surface area contributed by atoms with Gasteiger partial charge in [-0.3, -0.25) is 19.1 Å². The second-order valence-corrected chi connectivity index (χ2v) is 6.78. The molecule has 0 saturated carbocycles. The number of carbonyl (C=O) groups excluding carboxylic acids is 1. The van der Waals surface area contributed by atoms with Gasteiger partial charge in [0.2, 0.25) is 5.91 Å². The molecule has 1 aromatic carbocycles. The molecule has 0 unspecified atom stereocenters. The van der Waals surface area contributed by atoms with E-state index in [0.717, 1.165) is 15.7 Å². The first-order valence-corrected chi connectivity index (χ1v) is 9.41. The third-order valence-electron chi connectivity index (χ3n) is 4.66. The first-order valence-electron chi connectivity index (χ1n) is 9.41.